The fourth-order valence-corrected chi connectivity index (χ4v) is 1.09. The van der Waals surface area contributed by atoms with E-state index in [1.165, 1.54) is 0 Å². The molecule has 1 rings (SSSR count). The standard InChI is InChI=1S/C10H17NO3/c1-8-3-4-14-9(8)5-11-6-10(2,13)7-12/h3-4,11-13H,5-7H2,1-2H3. The predicted molar refractivity (Wildman–Crippen MR) is 52.9 cm³/mol. The maximum absolute atomic E-state index is 9.48. The van der Waals surface area contributed by atoms with Crippen LogP contribution in [0.15, 0.2) is 16.7 Å². The molecule has 0 aliphatic rings. The predicted octanol–water partition coefficient (Wildman–Crippen LogP) is 0.421. The first-order chi connectivity index (χ1) is 6.55. The molecule has 4 heteroatoms. The second-order valence-electron chi connectivity index (χ2n) is 3.79. The molecule has 0 aliphatic heterocycles. The molecule has 0 amide bonds. The molecule has 0 saturated carbocycles. The van der Waals surface area contributed by atoms with Crippen molar-refractivity contribution in [1.29, 1.82) is 0 Å². The second kappa shape index (κ2) is 4.59. The molecule has 80 valence electrons. The molecular formula is C10H17NO3. The van der Waals surface area contributed by atoms with Gasteiger partial charge in [0.2, 0.25) is 0 Å². The number of hydrogen-bond acceptors (Lipinski definition) is 4. The number of nitrogens with one attached hydrogen (secondary N) is 1. The van der Waals surface area contributed by atoms with Crippen LogP contribution in [0.4, 0.5) is 0 Å². The van der Waals surface area contributed by atoms with Crippen molar-refractivity contribution >= 4 is 0 Å². The summed E-state index contributed by atoms with van der Waals surface area (Å²) in [6.45, 7) is 4.19. The summed E-state index contributed by atoms with van der Waals surface area (Å²) in [6, 6.07) is 1.89. The normalized spacial score (nSPS) is 15.4. The summed E-state index contributed by atoms with van der Waals surface area (Å²) in [4.78, 5) is 0. The molecule has 0 spiro atoms. The molecule has 3 N–H and O–H groups in total. The third kappa shape index (κ3) is 3.14. The summed E-state index contributed by atoms with van der Waals surface area (Å²) in [5.41, 5.74) is 0.0154. The molecule has 4 nitrogen and oxygen atoms in total. The van der Waals surface area contributed by atoms with Gasteiger partial charge < -0.3 is 19.9 Å². The maximum Gasteiger partial charge on any atom is 0.120 e. The lowest BCUT2D eigenvalue weighted by Gasteiger charge is -2.20. The van der Waals surface area contributed by atoms with Crippen molar-refractivity contribution < 1.29 is 14.6 Å². The number of hydrogen-bond donors (Lipinski definition) is 3. The average molecular weight is 199 g/mol. The summed E-state index contributed by atoms with van der Waals surface area (Å²) in [6.07, 6.45) is 1.64. The third-order valence-corrected chi connectivity index (χ3v) is 2.10. The lowest BCUT2D eigenvalue weighted by atomic mass is 10.1. The Morgan fingerprint density at radius 2 is 2.29 bits per heavy atom. The van der Waals surface area contributed by atoms with Gasteiger partial charge in [-0.2, -0.15) is 0 Å². The molecule has 0 aliphatic carbocycles. The molecule has 1 heterocycles. The largest absolute Gasteiger partial charge is 0.468 e. The highest BCUT2D eigenvalue weighted by molar-refractivity contribution is 5.14. The van der Waals surface area contributed by atoms with Crippen LogP contribution in [0.25, 0.3) is 0 Å². The van der Waals surface area contributed by atoms with Crippen molar-refractivity contribution in [3.63, 3.8) is 0 Å². The molecular weight excluding hydrogens is 182 g/mol. The van der Waals surface area contributed by atoms with E-state index in [-0.39, 0.29) is 6.61 Å². The summed E-state index contributed by atoms with van der Waals surface area (Å²) in [5, 5.41) is 21.3. The first-order valence-corrected chi connectivity index (χ1v) is 4.62. The molecule has 0 fully saturated rings. The SMILES string of the molecule is Cc1ccoc1CNCC(C)(O)CO. The van der Waals surface area contributed by atoms with Crippen molar-refractivity contribution in [3.8, 4) is 0 Å². The van der Waals surface area contributed by atoms with Crippen molar-refractivity contribution in [2.75, 3.05) is 13.2 Å². The van der Waals surface area contributed by atoms with Crippen LogP contribution in [0.3, 0.4) is 0 Å². The zero-order valence-corrected chi connectivity index (χ0v) is 8.58. The summed E-state index contributed by atoms with van der Waals surface area (Å²) >= 11 is 0. The molecule has 1 aromatic heterocycles. The quantitative estimate of drug-likeness (QED) is 0.643. The topological polar surface area (TPSA) is 65.6 Å². The zero-order valence-electron chi connectivity index (χ0n) is 8.58. The minimum atomic E-state index is -1.07. The van der Waals surface area contributed by atoms with E-state index in [1.54, 1.807) is 13.2 Å². The van der Waals surface area contributed by atoms with E-state index < -0.39 is 5.60 Å². The highest BCUT2D eigenvalue weighted by Crippen LogP contribution is 2.08. The fraction of sp³-hybridized carbons (Fsp3) is 0.600. The Hall–Kier alpha value is -0.840. The molecule has 14 heavy (non-hydrogen) atoms. The van der Waals surface area contributed by atoms with Gasteiger partial charge in [0, 0.05) is 6.54 Å². The molecule has 0 aromatic carbocycles. The van der Waals surface area contributed by atoms with Crippen LogP contribution >= 0.6 is 0 Å². The Bertz CT molecular complexity index is 281. The van der Waals surface area contributed by atoms with Gasteiger partial charge in [0.15, 0.2) is 0 Å². The molecule has 1 atom stereocenters. The molecule has 0 radical (unpaired) electrons. The highest BCUT2D eigenvalue weighted by atomic mass is 16.3. The maximum atomic E-state index is 9.48. The van der Waals surface area contributed by atoms with Crippen LogP contribution < -0.4 is 5.32 Å². The smallest absolute Gasteiger partial charge is 0.120 e. The zero-order chi connectivity index (χ0) is 10.6. The lowest BCUT2D eigenvalue weighted by molar-refractivity contribution is 0.00226. The van der Waals surface area contributed by atoms with Gasteiger partial charge in [0.25, 0.3) is 0 Å². The summed E-state index contributed by atoms with van der Waals surface area (Å²) < 4.78 is 5.21. The van der Waals surface area contributed by atoms with Crippen molar-refractivity contribution in [1.82, 2.24) is 5.32 Å². The Morgan fingerprint density at radius 1 is 1.57 bits per heavy atom. The lowest BCUT2D eigenvalue weighted by Crippen LogP contribution is -2.40. The number of aliphatic hydroxyl groups is 2. The minimum absolute atomic E-state index is 0.253. The summed E-state index contributed by atoms with van der Waals surface area (Å²) in [7, 11) is 0. The monoisotopic (exact) mass is 199 g/mol. The van der Waals surface area contributed by atoms with Crippen LogP contribution in [0, 0.1) is 6.92 Å². The van der Waals surface area contributed by atoms with Crippen LogP contribution in [-0.2, 0) is 6.54 Å². The van der Waals surface area contributed by atoms with Crippen LogP contribution in [-0.4, -0.2) is 29.0 Å². The molecule has 1 aromatic rings. The van der Waals surface area contributed by atoms with E-state index in [0.29, 0.717) is 13.1 Å². The van der Waals surface area contributed by atoms with Gasteiger partial charge in [-0.15, -0.1) is 0 Å². The van der Waals surface area contributed by atoms with Crippen molar-refractivity contribution in [3.05, 3.63) is 23.7 Å². The Kier molecular flexibility index (Phi) is 3.69. The second-order valence-corrected chi connectivity index (χ2v) is 3.79. The van der Waals surface area contributed by atoms with Gasteiger partial charge in [-0.25, -0.2) is 0 Å². The third-order valence-electron chi connectivity index (χ3n) is 2.10. The number of aryl methyl sites for hydroxylation is 1. The van der Waals surface area contributed by atoms with Crippen LogP contribution in [0.2, 0.25) is 0 Å². The van der Waals surface area contributed by atoms with Crippen molar-refractivity contribution in [2.45, 2.75) is 26.0 Å². The van der Waals surface area contributed by atoms with E-state index in [1.807, 2.05) is 13.0 Å². The van der Waals surface area contributed by atoms with Gasteiger partial charge in [-0.3, -0.25) is 0 Å². The first-order valence-electron chi connectivity index (χ1n) is 4.62. The van der Waals surface area contributed by atoms with Gasteiger partial charge in [-0.1, -0.05) is 0 Å². The van der Waals surface area contributed by atoms with Crippen LogP contribution in [0.5, 0.6) is 0 Å². The molecule has 1 unspecified atom stereocenters. The summed E-state index contributed by atoms with van der Waals surface area (Å²) in [5.74, 6) is 0.860. The Morgan fingerprint density at radius 3 is 2.79 bits per heavy atom. The Balaban J connectivity index is 2.32. The van der Waals surface area contributed by atoms with Gasteiger partial charge in [0.1, 0.15) is 5.76 Å². The highest BCUT2D eigenvalue weighted by Gasteiger charge is 2.18. The fourth-order valence-electron chi connectivity index (χ4n) is 1.09. The molecule has 0 bridgehead atoms. The first kappa shape index (κ1) is 11.2. The number of aliphatic hydroxyl groups excluding tert-OH is 1. The molecule has 0 saturated heterocycles. The van der Waals surface area contributed by atoms with Gasteiger partial charge >= 0.3 is 0 Å². The van der Waals surface area contributed by atoms with E-state index >= 15 is 0 Å². The van der Waals surface area contributed by atoms with E-state index in [2.05, 4.69) is 5.32 Å². The van der Waals surface area contributed by atoms with E-state index in [0.717, 1.165) is 11.3 Å². The van der Waals surface area contributed by atoms with Crippen LogP contribution in [0.1, 0.15) is 18.2 Å². The van der Waals surface area contributed by atoms with E-state index in [4.69, 9.17) is 9.52 Å². The number of furan rings is 1. The van der Waals surface area contributed by atoms with E-state index in [9.17, 15) is 5.11 Å². The number of rotatable bonds is 5. The average Bonchev–Trinajstić information content (AvgIpc) is 2.52. The minimum Gasteiger partial charge on any atom is -0.468 e. The van der Waals surface area contributed by atoms with Crippen molar-refractivity contribution in [2.24, 2.45) is 0 Å². The van der Waals surface area contributed by atoms with Gasteiger partial charge in [-0.05, 0) is 25.5 Å². The Labute approximate surface area is 83.6 Å². The van der Waals surface area contributed by atoms with Gasteiger partial charge in [0.05, 0.1) is 25.0 Å².